The van der Waals surface area contributed by atoms with Crippen molar-refractivity contribution in [2.45, 2.75) is 25.2 Å². The molecule has 7 nitrogen and oxygen atoms in total. The second kappa shape index (κ2) is 6.59. The van der Waals surface area contributed by atoms with Gasteiger partial charge in [0.2, 0.25) is 0 Å². The Labute approximate surface area is 180 Å². The zero-order valence-corrected chi connectivity index (χ0v) is 16.8. The molecule has 1 saturated carbocycles. The van der Waals surface area contributed by atoms with Crippen LogP contribution in [0, 0.1) is 5.92 Å². The Morgan fingerprint density at radius 1 is 1.12 bits per heavy atom. The number of pyridine rings is 1. The lowest BCUT2D eigenvalue weighted by Gasteiger charge is -2.25. The molecule has 0 radical (unpaired) electrons. The monoisotopic (exact) mass is 442 g/mol. The topological polar surface area (TPSA) is 88.8 Å². The quantitative estimate of drug-likeness (QED) is 0.605. The van der Waals surface area contributed by atoms with E-state index in [1.807, 2.05) is 6.92 Å². The molecule has 1 saturated heterocycles. The number of carbonyl (C=O) groups excluding carboxylic acids is 2. The van der Waals surface area contributed by atoms with Crippen molar-refractivity contribution >= 4 is 39.9 Å². The molecule has 2 fully saturated rings. The minimum absolute atomic E-state index is 0.122. The molecule has 1 aromatic heterocycles. The highest BCUT2D eigenvalue weighted by atomic mass is 19.4. The van der Waals surface area contributed by atoms with Crippen molar-refractivity contribution in [1.82, 2.24) is 4.98 Å². The summed E-state index contributed by atoms with van der Waals surface area (Å²) in [5.41, 5.74) is 6.53. The number of carbonyl (C=O) groups is 2. The normalized spacial score (nSPS) is 22.8. The molecule has 2 unspecified atom stereocenters. The number of hydrogen-bond acceptors (Lipinski definition) is 5. The predicted molar refractivity (Wildman–Crippen MR) is 111 cm³/mol. The highest BCUT2D eigenvalue weighted by molar-refractivity contribution is 6.33. The molecule has 3 aromatic rings. The van der Waals surface area contributed by atoms with Gasteiger partial charge in [0.05, 0.1) is 28.8 Å². The molecular formula is C22H17F3N4O3. The van der Waals surface area contributed by atoms with E-state index >= 15 is 0 Å². The van der Waals surface area contributed by atoms with Gasteiger partial charge in [-0.2, -0.15) is 0 Å². The number of nitrogens with two attached hydrogens (primary N) is 1. The lowest BCUT2D eigenvalue weighted by Crippen LogP contribution is -2.39. The first-order chi connectivity index (χ1) is 15.1. The van der Waals surface area contributed by atoms with E-state index in [0.717, 1.165) is 17.0 Å². The van der Waals surface area contributed by atoms with Gasteiger partial charge in [0.1, 0.15) is 11.3 Å². The maximum absolute atomic E-state index is 13.6. The third-order valence-corrected chi connectivity index (χ3v) is 5.95. The van der Waals surface area contributed by atoms with Gasteiger partial charge < -0.3 is 10.5 Å². The van der Waals surface area contributed by atoms with Gasteiger partial charge >= 0.3 is 12.4 Å². The summed E-state index contributed by atoms with van der Waals surface area (Å²) < 4.78 is 41.3. The van der Waals surface area contributed by atoms with E-state index in [2.05, 4.69) is 9.72 Å². The second-order valence-electron chi connectivity index (χ2n) is 7.91. The third kappa shape index (κ3) is 2.86. The number of urea groups is 1. The van der Waals surface area contributed by atoms with Gasteiger partial charge in [0.25, 0.3) is 5.91 Å². The van der Waals surface area contributed by atoms with Crippen LogP contribution in [-0.4, -0.2) is 28.8 Å². The van der Waals surface area contributed by atoms with E-state index in [1.54, 1.807) is 24.3 Å². The number of nitrogens with zero attached hydrogens (tertiary/aromatic N) is 3. The maximum Gasteiger partial charge on any atom is 0.573 e. The summed E-state index contributed by atoms with van der Waals surface area (Å²) in [6.07, 6.45) is -2.95. The van der Waals surface area contributed by atoms with Crippen LogP contribution in [0.2, 0.25) is 0 Å². The zero-order chi connectivity index (χ0) is 22.8. The van der Waals surface area contributed by atoms with Crippen LogP contribution < -0.4 is 20.3 Å². The van der Waals surface area contributed by atoms with E-state index in [1.165, 1.54) is 23.2 Å². The molecule has 1 aliphatic carbocycles. The fourth-order valence-electron chi connectivity index (χ4n) is 4.38. The van der Waals surface area contributed by atoms with Gasteiger partial charge in [0.15, 0.2) is 0 Å². The molecular weight excluding hydrogens is 425 g/mol. The first kappa shape index (κ1) is 20.1. The lowest BCUT2D eigenvalue weighted by atomic mass is 10.1. The van der Waals surface area contributed by atoms with Crippen molar-refractivity contribution in [3.05, 3.63) is 54.7 Å². The fraction of sp³-hybridized carbons (Fsp3) is 0.227. The molecule has 3 amide bonds. The molecule has 1 aliphatic heterocycles. The van der Waals surface area contributed by atoms with Crippen LogP contribution in [-0.2, 0) is 4.79 Å². The number of para-hydroxylation sites is 1. The number of hydrogen-bond donors (Lipinski definition) is 1. The first-order valence-corrected chi connectivity index (χ1v) is 9.81. The summed E-state index contributed by atoms with van der Waals surface area (Å²) in [4.78, 5) is 33.7. The van der Waals surface area contributed by atoms with Gasteiger partial charge in [-0.15, -0.1) is 13.2 Å². The Balaban J connectivity index is 1.60. The van der Waals surface area contributed by atoms with Gasteiger partial charge in [-0.25, -0.2) is 9.69 Å². The van der Waals surface area contributed by atoms with Crippen molar-refractivity contribution in [3.8, 4) is 5.75 Å². The number of halogens is 3. The fourth-order valence-corrected chi connectivity index (χ4v) is 4.38. The van der Waals surface area contributed by atoms with Crippen molar-refractivity contribution in [1.29, 1.82) is 0 Å². The van der Waals surface area contributed by atoms with E-state index < -0.39 is 29.6 Å². The summed E-state index contributed by atoms with van der Waals surface area (Å²) >= 11 is 0. The number of nitrogen functional groups attached to an aromatic ring is 1. The summed E-state index contributed by atoms with van der Waals surface area (Å²) in [7, 11) is 0. The average molecular weight is 442 g/mol. The average Bonchev–Trinajstić information content (AvgIpc) is 3.36. The molecule has 10 heteroatoms. The molecule has 2 atom stereocenters. The SMILES string of the molecule is CC1CC12C(=O)N(c1ccc(OC(F)(F)F)cc1)C(=O)N2c1c(N)cnc2ccccc12. The van der Waals surface area contributed by atoms with Crippen LogP contribution >= 0.6 is 0 Å². The van der Waals surface area contributed by atoms with Gasteiger partial charge in [-0.1, -0.05) is 25.1 Å². The van der Waals surface area contributed by atoms with Crippen molar-refractivity contribution < 1.29 is 27.5 Å². The Kier molecular flexibility index (Phi) is 4.14. The van der Waals surface area contributed by atoms with E-state index in [9.17, 15) is 22.8 Å². The van der Waals surface area contributed by atoms with Crippen molar-refractivity contribution in [2.24, 2.45) is 5.92 Å². The summed E-state index contributed by atoms with van der Waals surface area (Å²) in [5, 5.41) is 0.628. The van der Waals surface area contributed by atoms with Gasteiger partial charge in [0, 0.05) is 5.39 Å². The Bertz CT molecular complexity index is 1260. The van der Waals surface area contributed by atoms with Crippen molar-refractivity contribution in [3.63, 3.8) is 0 Å². The number of alkyl halides is 3. The lowest BCUT2D eigenvalue weighted by molar-refractivity contribution is -0.274. The third-order valence-electron chi connectivity index (χ3n) is 5.95. The molecule has 32 heavy (non-hydrogen) atoms. The minimum atomic E-state index is -4.84. The number of fused-ring (bicyclic) bond motifs is 1. The Morgan fingerprint density at radius 2 is 1.78 bits per heavy atom. The second-order valence-corrected chi connectivity index (χ2v) is 7.91. The molecule has 2 aromatic carbocycles. The van der Waals surface area contributed by atoms with E-state index in [4.69, 9.17) is 5.73 Å². The summed E-state index contributed by atoms with van der Waals surface area (Å²) in [6, 6.07) is 11.1. The highest BCUT2D eigenvalue weighted by Gasteiger charge is 2.71. The van der Waals surface area contributed by atoms with E-state index in [0.29, 0.717) is 23.0 Å². The predicted octanol–water partition coefficient (Wildman–Crippen LogP) is 4.47. The molecule has 2 aliphatic rings. The summed E-state index contributed by atoms with van der Waals surface area (Å²) in [5.74, 6) is -1.01. The molecule has 2 heterocycles. The number of rotatable bonds is 3. The van der Waals surface area contributed by atoms with Gasteiger partial charge in [-0.05, 0) is 42.7 Å². The number of amides is 3. The molecule has 1 spiro atoms. The minimum Gasteiger partial charge on any atom is -0.406 e. The van der Waals surface area contributed by atoms with Crippen LogP contribution in [0.25, 0.3) is 10.9 Å². The van der Waals surface area contributed by atoms with Crippen LogP contribution in [0.1, 0.15) is 13.3 Å². The van der Waals surface area contributed by atoms with Crippen LogP contribution in [0.3, 0.4) is 0 Å². The number of benzene rings is 2. The first-order valence-electron chi connectivity index (χ1n) is 9.81. The maximum atomic E-state index is 13.6. The van der Waals surface area contributed by atoms with Crippen LogP contribution in [0.5, 0.6) is 5.75 Å². The van der Waals surface area contributed by atoms with E-state index in [-0.39, 0.29) is 17.3 Å². The molecule has 2 N–H and O–H groups in total. The standard InChI is InChI=1S/C22H17F3N4O3/c1-12-10-21(12)19(30)28(13-6-8-14(9-7-13)32-22(23,24)25)20(31)29(21)18-15-4-2-3-5-17(15)27-11-16(18)26/h2-9,11-12H,10,26H2,1H3. The Hall–Kier alpha value is -3.82. The van der Waals surface area contributed by atoms with Crippen LogP contribution in [0.4, 0.5) is 35.0 Å². The largest absolute Gasteiger partial charge is 0.573 e. The highest BCUT2D eigenvalue weighted by Crippen LogP contribution is 2.57. The Morgan fingerprint density at radius 3 is 2.41 bits per heavy atom. The van der Waals surface area contributed by atoms with Gasteiger partial charge in [-0.3, -0.25) is 14.7 Å². The van der Waals surface area contributed by atoms with Crippen molar-refractivity contribution in [2.75, 3.05) is 15.5 Å². The number of anilines is 3. The number of ether oxygens (including phenoxy) is 1. The molecule has 164 valence electrons. The van der Waals surface area contributed by atoms with Crippen LogP contribution in [0.15, 0.2) is 54.7 Å². The number of imide groups is 1. The number of aromatic nitrogens is 1. The molecule has 5 rings (SSSR count). The molecule has 0 bridgehead atoms. The smallest absolute Gasteiger partial charge is 0.406 e. The zero-order valence-electron chi connectivity index (χ0n) is 16.8. The summed E-state index contributed by atoms with van der Waals surface area (Å²) in [6.45, 7) is 1.86.